The quantitative estimate of drug-likeness (QED) is 0.664. The zero-order chi connectivity index (χ0) is 21.4. The van der Waals surface area contributed by atoms with E-state index in [4.69, 9.17) is 0 Å². The van der Waals surface area contributed by atoms with Crippen LogP contribution in [0.4, 0.5) is 10.6 Å². The maximum Gasteiger partial charge on any atom is 0.326 e. The van der Waals surface area contributed by atoms with Gasteiger partial charge in [0.1, 0.15) is 11.4 Å². The third kappa shape index (κ3) is 3.51. The minimum Gasteiger partial charge on any atom is -0.354 e. The molecule has 1 N–H and O–H groups in total. The average Bonchev–Trinajstić information content (AvgIpc) is 3.03. The Morgan fingerprint density at radius 3 is 2.42 bits per heavy atom. The summed E-state index contributed by atoms with van der Waals surface area (Å²) in [5.41, 5.74) is -0.260. The fraction of sp³-hybridized carbons (Fsp3) is 0.292. The van der Waals surface area contributed by atoms with Crippen molar-refractivity contribution in [2.75, 3.05) is 37.7 Å². The second-order valence-electron chi connectivity index (χ2n) is 8.28. The highest BCUT2D eigenvalue weighted by molar-refractivity contribution is 6.07. The second kappa shape index (κ2) is 7.67. The predicted octanol–water partition coefficient (Wildman–Crippen LogP) is 2.78. The van der Waals surface area contributed by atoms with Crippen LogP contribution in [-0.4, -0.2) is 59.6 Å². The number of nitrogens with one attached hydrogen (secondary N) is 1. The number of hydrogen-bond acceptors (Lipinski definition) is 5. The highest BCUT2D eigenvalue weighted by atomic mass is 16.2. The molecule has 2 aliphatic rings. The van der Waals surface area contributed by atoms with E-state index in [0.29, 0.717) is 6.67 Å². The third-order valence-electron chi connectivity index (χ3n) is 6.29. The third-order valence-corrected chi connectivity index (χ3v) is 6.29. The van der Waals surface area contributed by atoms with Crippen molar-refractivity contribution < 1.29 is 9.59 Å². The summed E-state index contributed by atoms with van der Waals surface area (Å²) in [6.45, 7) is 5.23. The zero-order valence-corrected chi connectivity index (χ0v) is 17.5. The van der Waals surface area contributed by atoms with E-state index in [1.54, 1.807) is 13.1 Å². The van der Waals surface area contributed by atoms with Crippen LogP contribution in [0.3, 0.4) is 0 Å². The van der Waals surface area contributed by atoms with Crippen LogP contribution >= 0.6 is 0 Å². The molecule has 3 heterocycles. The molecule has 1 atom stereocenters. The first kappa shape index (κ1) is 19.5. The van der Waals surface area contributed by atoms with Crippen molar-refractivity contribution >= 4 is 28.5 Å². The molecule has 7 nitrogen and oxygen atoms in total. The lowest BCUT2D eigenvalue weighted by Gasteiger charge is -2.36. The van der Waals surface area contributed by atoms with Crippen LogP contribution in [0.5, 0.6) is 0 Å². The van der Waals surface area contributed by atoms with E-state index in [1.165, 1.54) is 4.90 Å². The van der Waals surface area contributed by atoms with Crippen LogP contribution in [-0.2, 0) is 10.3 Å². The number of anilines is 1. The van der Waals surface area contributed by atoms with Gasteiger partial charge in [-0.15, -0.1) is 0 Å². The van der Waals surface area contributed by atoms with Gasteiger partial charge >= 0.3 is 6.03 Å². The molecule has 158 valence electrons. The van der Waals surface area contributed by atoms with Crippen molar-refractivity contribution in [2.24, 2.45) is 0 Å². The first-order valence-electron chi connectivity index (χ1n) is 10.6. The molecular formula is C24H25N5O2. The van der Waals surface area contributed by atoms with Gasteiger partial charge in [0.05, 0.1) is 6.67 Å². The number of carbonyl (C=O) groups is 2. The highest BCUT2D eigenvalue weighted by Gasteiger charge is 2.49. The van der Waals surface area contributed by atoms with Crippen molar-refractivity contribution in [2.45, 2.75) is 12.5 Å². The summed E-state index contributed by atoms with van der Waals surface area (Å²) in [6, 6.07) is 19.5. The molecule has 5 rings (SSSR count). The second-order valence-corrected chi connectivity index (χ2v) is 8.28. The van der Waals surface area contributed by atoms with Gasteiger partial charge in [0.15, 0.2) is 0 Å². The number of urea groups is 1. The number of nitrogens with zero attached hydrogens (tertiary/aromatic N) is 4. The Hall–Kier alpha value is -3.45. The number of pyridine rings is 1. The van der Waals surface area contributed by atoms with Gasteiger partial charge in [0.2, 0.25) is 0 Å². The smallest absolute Gasteiger partial charge is 0.326 e. The van der Waals surface area contributed by atoms with Gasteiger partial charge in [-0.1, -0.05) is 42.5 Å². The van der Waals surface area contributed by atoms with Gasteiger partial charge in [-0.25, -0.2) is 14.7 Å². The molecule has 0 unspecified atom stereocenters. The number of hydrogen-bond donors (Lipinski definition) is 1. The summed E-state index contributed by atoms with van der Waals surface area (Å²) in [7, 11) is 0. The molecule has 7 heteroatoms. The first-order valence-corrected chi connectivity index (χ1v) is 10.6. The maximum atomic E-state index is 13.3. The Balaban J connectivity index is 1.29. The molecule has 3 amide bonds. The van der Waals surface area contributed by atoms with Gasteiger partial charge in [-0.05, 0) is 41.5 Å². The summed E-state index contributed by atoms with van der Waals surface area (Å²) in [4.78, 5) is 36.2. The first-order chi connectivity index (χ1) is 15.0. The van der Waals surface area contributed by atoms with Gasteiger partial charge < -0.3 is 10.2 Å². The predicted molar refractivity (Wildman–Crippen MR) is 120 cm³/mol. The average molecular weight is 415 g/mol. The number of carbonyl (C=O) groups excluding carboxylic acids is 2. The number of rotatable bonds is 4. The molecule has 0 saturated carbocycles. The minimum absolute atomic E-state index is 0.208. The Bertz CT molecular complexity index is 1130. The van der Waals surface area contributed by atoms with Crippen LogP contribution in [0, 0.1) is 0 Å². The number of piperazine rings is 1. The molecule has 1 aromatic heterocycles. The maximum absolute atomic E-state index is 13.3. The molecule has 31 heavy (non-hydrogen) atoms. The van der Waals surface area contributed by atoms with Crippen molar-refractivity contribution in [1.82, 2.24) is 20.1 Å². The molecule has 2 fully saturated rings. The zero-order valence-electron chi connectivity index (χ0n) is 17.5. The standard InChI is InChI=1S/C24H25N5O2/c1-24(20-10-9-18-6-2-3-7-19(18)16-20)22(30)29(23(31)26-24)17-27-12-14-28(15-13-27)21-8-4-5-11-25-21/h2-11,16H,12-15,17H2,1H3,(H,26,31)/t24-/m0/s1. The van der Waals surface area contributed by atoms with E-state index in [0.717, 1.165) is 48.3 Å². The van der Waals surface area contributed by atoms with E-state index in [1.807, 2.05) is 60.7 Å². The van der Waals surface area contributed by atoms with Gasteiger partial charge in [-0.2, -0.15) is 0 Å². The summed E-state index contributed by atoms with van der Waals surface area (Å²) in [5, 5.41) is 5.08. The molecule has 0 spiro atoms. The lowest BCUT2D eigenvalue weighted by Crippen LogP contribution is -2.51. The van der Waals surface area contributed by atoms with Crippen molar-refractivity contribution in [1.29, 1.82) is 0 Å². The van der Waals surface area contributed by atoms with Crippen molar-refractivity contribution in [3.63, 3.8) is 0 Å². The summed E-state index contributed by atoms with van der Waals surface area (Å²) < 4.78 is 0. The topological polar surface area (TPSA) is 68.8 Å². The Labute approximate surface area is 181 Å². The van der Waals surface area contributed by atoms with Crippen LogP contribution < -0.4 is 10.2 Å². The van der Waals surface area contributed by atoms with Gasteiger partial charge in [0, 0.05) is 32.4 Å². The molecule has 3 aromatic rings. The van der Waals surface area contributed by atoms with Crippen molar-refractivity contribution in [3.05, 3.63) is 72.4 Å². The number of aromatic nitrogens is 1. The van der Waals surface area contributed by atoms with Gasteiger partial charge in [0.25, 0.3) is 5.91 Å². The molecule has 2 aliphatic heterocycles. The van der Waals surface area contributed by atoms with E-state index >= 15 is 0 Å². The summed E-state index contributed by atoms with van der Waals surface area (Å²) in [6.07, 6.45) is 1.79. The van der Waals surface area contributed by atoms with Crippen LogP contribution in [0.2, 0.25) is 0 Å². The summed E-state index contributed by atoms with van der Waals surface area (Å²) in [5.74, 6) is 0.751. The normalized spacial score (nSPS) is 22.2. The molecule has 2 saturated heterocycles. The molecule has 0 bridgehead atoms. The highest BCUT2D eigenvalue weighted by Crippen LogP contribution is 2.31. The van der Waals surface area contributed by atoms with Crippen LogP contribution in [0.15, 0.2) is 66.9 Å². The molecule has 0 radical (unpaired) electrons. The van der Waals surface area contributed by atoms with Gasteiger partial charge in [-0.3, -0.25) is 9.69 Å². The van der Waals surface area contributed by atoms with Crippen molar-refractivity contribution in [3.8, 4) is 0 Å². The van der Waals surface area contributed by atoms with E-state index in [9.17, 15) is 9.59 Å². The minimum atomic E-state index is -1.06. The number of imide groups is 1. The SMILES string of the molecule is C[C@@]1(c2ccc3ccccc3c2)NC(=O)N(CN2CCN(c3ccccn3)CC2)C1=O. The number of benzene rings is 2. The number of amides is 3. The molecular weight excluding hydrogens is 390 g/mol. The fourth-order valence-corrected chi connectivity index (χ4v) is 4.38. The summed E-state index contributed by atoms with van der Waals surface area (Å²) >= 11 is 0. The van der Waals surface area contributed by atoms with Crippen LogP contribution in [0.1, 0.15) is 12.5 Å². The lowest BCUT2D eigenvalue weighted by atomic mass is 9.90. The van der Waals surface area contributed by atoms with E-state index < -0.39 is 5.54 Å². The number of fused-ring (bicyclic) bond motifs is 1. The molecule has 2 aromatic carbocycles. The monoisotopic (exact) mass is 415 g/mol. The van der Waals surface area contributed by atoms with E-state index in [-0.39, 0.29) is 11.9 Å². The Morgan fingerprint density at radius 1 is 0.935 bits per heavy atom. The molecule has 0 aliphatic carbocycles. The lowest BCUT2D eigenvalue weighted by molar-refractivity contribution is -0.132. The van der Waals surface area contributed by atoms with E-state index in [2.05, 4.69) is 20.1 Å². The largest absolute Gasteiger partial charge is 0.354 e. The fourth-order valence-electron chi connectivity index (χ4n) is 4.38. The Morgan fingerprint density at radius 2 is 1.68 bits per heavy atom. The Kier molecular flexibility index (Phi) is 4.82. The van der Waals surface area contributed by atoms with Crippen LogP contribution in [0.25, 0.3) is 10.8 Å².